The maximum absolute atomic E-state index is 13.4. The Hall–Kier alpha value is -3.52. The monoisotopic (exact) mass is 417 g/mol. The number of carbonyl (C=O) groups is 2. The van der Waals surface area contributed by atoms with Crippen molar-refractivity contribution < 1.29 is 9.59 Å². The van der Waals surface area contributed by atoms with E-state index in [1.165, 1.54) is 16.2 Å². The predicted octanol–water partition coefficient (Wildman–Crippen LogP) is 3.66. The molecule has 3 heterocycles. The number of nitrogens with zero attached hydrogens (tertiary/aromatic N) is 4. The zero-order valence-corrected chi connectivity index (χ0v) is 17.3. The van der Waals surface area contributed by atoms with Gasteiger partial charge in [0.1, 0.15) is 10.5 Å². The van der Waals surface area contributed by atoms with Gasteiger partial charge in [0.2, 0.25) is 0 Å². The van der Waals surface area contributed by atoms with Gasteiger partial charge in [-0.05, 0) is 23.3 Å². The summed E-state index contributed by atoms with van der Waals surface area (Å²) < 4.78 is 1.71. The summed E-state index contributed by atoms with van der Waals surface area (Å²) in [6.07, 6.45) is 3.63. The van der Waals surface area contributed by atoms with Crippen LogP contribution < -0.4 is 5.32 Å². The molecular formula is C22H19N5O2S. The van der Waals surface area contributed by atoms with Gasteiger partial charge in [0.05, 0.1) is 18.4 Å². The second kappa shape index (κ2) is 6.77. The van der Waals surface area contributed by atoms with Crippen molar-refractivity contribution in [3.8, 4) is 10.6 Å². The number of nitrogens with one attached hydrogen (secondary N) is 1. The first kappa shape index (κ1) is 18.5. The van der Waals surface area contributed by atoms with Crippen LogP contribution in [0.1, 0.15) is 18.2 Å². The summed E-state index contributed by atoms with van der Waals surface area (Å²) in [5.41, 5.74) is 1.24. The molecule has 1 aliphatic heterocycles. The van der Waals surface area contributed by atoms with E-state index in [0.717, 1.165) is 26.9 Å². The number of carbonyl (C=O) groups excluding carboxylic acids is 2. The number of benzene rings is 2. The van der Waals surface area contributed by atoms with Crippen molar-refractivity contribution >= 4 is 34.0 Å². The van der Waals surface area contributed by atoms with Gasteiger partial charge in [-0.3, -0.25) is 14.4 Å². The van der Waals surface area contributed by atoms with Crippen molar-refractivity contribution in [1.29, 1.82) is 0 Å². The lowest BCUT2D eigenvalue weighted by Gasteiger charge is -2.24. The normalized spacial score (nSPS) is 18.9. The molecule has 4 aromatic rings. The third-order valence-electron chi connectivity index (χ3n) is 5.43. The number of aromatic nitrogens is 3. The first-order chi connectivity index (χ1) is 14.5. The van der Waals surface area contributed by atoms with Gasteiger partial charge in [0.25, 0.3) is 5.91 Å². The van der Waals surface area contributed by atoms with E-state index in [9.17, 15) is 9.59 Å². The van der Waals surface area contributed by atoms with Crippen LogP contribution in [0.2, 0.25) is 0 Å². The predicted molar refractivity (Wildman–Crippen MR) is 115 cm³/mol. The van der Waals surface area contributed by atoms with Crippen LogP contribution in [0.3, 0.4) is 0 Å². The summed E-state index contributed by atoms with van der Waals surface area (Å²) >= 11 is 1.47. The summed E-state index contributed by atoms with van der Waals surface area (Å²) in [5.74, 6) is -0.278. The summed E-state index contributed by atoms with van der Waals surface area (Å²) in [4.78, 5) is 31.9. The lowest BCUT2D eigenvalue weighted by atomic mass is 9.88. The largest absolute Gasteiger partial charge is 0.325 e. The Bertz CT molecular complexity index is 1290. The van der Waals surface area contributed by atoms with Gasteiger partial charge in [-0.25, -0.2) is 9.78 Å². The molecule has 0 bridgehead atoms. The minimum absolute atomic E-state index is 0.127. The molecule has 0 spiro atoms. The van der Waals surface area contributed by atoms with E-state index in [0.29, 0.717) is 5.69 Å². The van der Waals surface area contributed by atoms with Gasteiger partial charge in [0.15, 0.2) is 0 Å². The van der Waals surface area contributed by atoms with Crippen molar-refractivity contribution in [1.82, 2.24) is 25.0 Å². The molecule has 0 aliphatic carbocycles. The number of thiazole rings is 1. The first-order valence-electron chi connectivity index (χ1n) is 9.51. The fraction of sp³-hybridized carbons (Fsp3) is 0.182. The molecule has 1 fully saturated rings. The van der Waals surface area contributed by atoms with Gasteiger partial charge in [-0.2, -0.15) is 5.10 Å². The zero-order valence-electron chi connectivity index (χ0n) is 16.5. The Morgan fingerprint density at radius 1 is 1.13 bits per heavy atom. The molecule has 1 N–H and O–H groups in total. The van der Waals surface area contributed by atoms with Gasteiger partial charge in [-0.1, -0.05) is 42.5 Å². The van der Waals surface area contributed by atoms with Crippen LogP contribution in [0, 0.1) is 0 Å². The summed E-state index contributed by atoms with van der Waals surface area (Å²) in [6, 6.07) is 13.2. The molecule has 2 aromatic heterocycles. The number of fused-ring (bicyclic) bond motifs is 1. The van der Waals surface area contributed by atoms with Crippen molar-refractivity contribution in [2.45, 2.75) is 19.0 Å². The van der Waals surface area contributed by atoms with Crippen LogP contribution in [-0.4, -0.2) is 31.6 Å². The second-order valence-electron chi connectivity index (χ2n) is 7.52. The van der Waals surface area contributed by atoms with Crippen LogP contribution in [-0.2, 0) is 23.9 Å². The highest BCUT2D eigenvalue weighted by Gasteiger charge is 2.49. The molecule has 0 radical (unpaired) electrons. The van der Waals surface area contributed by atoms with Crippen LogP contribution in [0.4, 0.5) is 4.79 Å². The molecular weight excluding hydrogens is 398 g/mol. The average Bonchev–Trinajstić information content (AvgIpc) is 3.44. The van der Waals surface area contributed by atoms with E-state index in [-0.39, 0.29) is 12.5 Å². The molecule has 0 saturated carbocycles. The Morgan fingerprint density at radius 2 is 1.93 bits per heavy atom. The molecule has 5 rings (SSSR count). The number of hydrogen-bond donors (Lipinski definition) is 1. The third kappa shape index (κ3) is 2.88. The van der Waals surface area contributed by atoms with Crippen molar-refractivity contribution in [2.24, 2.45) is 7.05 Å². The average molecular weight is 417 g/mol. The molecule has 2 aromatic carbocycles. The Kier molecular flexibility index (Phi) is 4.18. The lowest BCUT2D eigenvalue weighted by Crippen LogP contribution is -2.41. The lowest BCUT2D eigenvalue weighted by molar-refractivity contribution is -0.131. The molecule has 8 heteroatoms. The molecule has 150 valence electrons. The minimum atomic E-state index is -1.12. The second-order valence-corrected chi connectivity index (χ2v) is 8.38. The number of imide groups is 1. The van der Waals surface area contributed by atoms with Crippen molar-refractivity contribution in [2.75, 3.05) is 0 Å². The van der Waals surface area contributed by atoms with Crippen LogP contribution in [0.15, 0.2) is 60.2 Å². The van der Waals surface area contributed by atoms with E-state index < -0.39 is 11.6 Å². The molecule has 1 atom stereocenters. The summed E-state index contributed by atoms with van der Waals surface area (Å²) in [5, 5.41) is 11.7. The molecule has 1 saturated heterocycles. The molecule has 1 aliphatic rings. The van der Waals surface area contributed by atoms with Crippen LogP contribution >= 0.6 is 11.3 Å². The number of rotatable bonds is 4. The highest BCUT2D eigenvalue weighted by atomic mass is 32.1. The minimum Gasteiger partial charge on any atom is -0.319 e. The fourth-order valence-corrected chi connectivity index (χ4v) is 4.68. The Morgan fingerprint density at radius 3 is 2.73 bits per heavy atom. The number of aryl methyl sites for hydroxylation is 1. The standard InChI is InChI=1S/C22H19N5O2S/c1-22(18-9-5-7-14-6-3-4-8-17(14)18)20(28)27(21(29)25-22)12-16-13-30-19(24-16)15-10-23-26(2)11-15/h3-11,13H,12H2,1-2H3,(H,25,29). The van der Waals surface area contributed by atoms with Gasteiger partial charge in [0, 0.05) is 24.2 Å². The van der Waals surface area contributed by atoms with E-state index in [2.05, 4.69) is 15.4 Å². The first-order valence-corrected chi connectivity index (χ1v) is 10.4. The van der Waals surface area contributed by atoms with Gasteiger partial charge >= 0.3 is 6.03 Å². The van der Waals surface area contributed by atoms with E-state index >= 15 is 0 Å². The van der Waals surface area contributed by atoms with E-state index in [1.807, 2.05) is 61.1 Å². The number of hydrogen-bond acceptors (Lipinski definition) is 5. The van der Waals surface area contributed by atoms with Crippen molar-refractivity contribution in [3.63, 3.8) is 0 Å². The topological polar surface area (TPSA) is 80.1 Å². The molecule has 7 nitrogen and oxygen atoms in total. The molecule has 3 amide bonds. The fourth-order valence-electron chi connectivity index (χ4n) is 3.89. The number of urea groups is 1. The van der Waals surface area contributed by atoms with Gasteiger partial charge < -0.3 is 5.32 Å². The quantitative estimate of drug-likeness (QED) is 0.514. The maximum Gasteiger partial charge on any atom is 0.325 e. The maximum atomic E-state index is 13.4. The van der Waals surface area contributed by atoms with Crippen LogP contribution in [0.5, 0.6) is 0 Å². The van der Waals surface area contributed by atoms with E-state index in [4.69, 9.17) is 0 Å². The Labute approximate surface area is 177 Å². The SMILES string of the molecule is Cn1cc(-c2nc(CN3C(=O)NC(C)(c4cccc5ccccc45)C3=O)cs2)cn1. The zero-order chi connectivity index (χ0) is 20.9. The summed E-state index contributed by atoms with van der Waals surface area (Å²) in [6.45, 7) is 1.89. The highest BCUT2D eigenvalue weighted by Crippen LogP contribution is 2.34. The Balaban J connectivity index is 1.45. The smallest absolute Gasteiger partial charge is 0.319 e. The van der Waals surface area contributed by atoms with E-state index in [1.54, 1.807) is 17.8 Å². The summed E-state index contributed by atoms with van der Waals surface area (Å²) in [7, 11) is 1.85. The molecule has 1 unspecified atom stereocenters. The molecule has 30 heavy (non-hydrogen) atoms. The van der Waals surface area contributed by atoms with Crippen molar-refractivity contribution in [3.05, 3.63) is 71.5 Å². The number of amides is 3. The highest BCUT2D eigenvalue weighted by molar-refractivity contribution is 7.13. The van der Waals surface area contributed by atoms with Gasteiger partial charge in [-0.15, -0.1) is 11.3 Å². The van der Waals surface area contributed by atoms with Crippen LogP contribution in [0.25, 0.3) is 21.3 Å². The third-order valence-corrected chi connectivity index (χ3v) is 6.37.